The van der Waals surface area contributed by atoms with Crippen LogP contribution in [0.25, 0.3) is 0 Å². The minimum atomic E-state index is -3.90. The second kappa shape index (κ2) is 7.37. The van der Waals surface area contributed by atoms with Crippen molar-refractivity contribution in [2.45, 2.75) is 6.92 Å². The van der Waals surface area contributed by atoms with Gasteiger partial charge in [0.05, 0.1) is 11.9 Å². The van der Waals surface area contributed by atoms with Crippen LogP contribution in [0.4, 0.5) is 20.2 Å². The molecule has 0 radical (unpaired) electrons. The maximum atomic E-state index is 13.4. The third kappa shape index (κ3) is 4.90. The molecule has 0 aliphatic rings. The van der Waals surface area contributed by atoms with Crippen molar-refractivity contribution in [1.82, 2.24) is 0 Å². The maximum absolute atomic E-state index is 13.4. The summed E-state index contributed by atoms with van der Waals surface area (Å²) in [6, 6.07) is 7.46. The Morgan fingerprint density at radius 3 is 2.44 bits per heavy atom. The highest BCUT2D eigenvalue weighted by molar-refractivity contribution is 7.92. The Balaban J connectivity index is 2.27. The summed E-state index contributed by atoms with van der Waals surface area (Å²) in [5.41, 5.74) is 1.01. The molecule has 0 aliphatic heterocycles. The highest BCUT2D eigenvalue weighted by atomic mass is 35.5. The smallest absolute Gasteiger partial charge is 0.245 e. The highest BCUT2D eigenvalue weighted by Crippen LogP contribution is 2.22. The zero-order valence-electron chi connectivity index (χ0n) is 13.4. The molecule has 1 N–H and O–H groups in total. The Labute approximate surface area is 149 Å². The molecule has 0 saturated heterocycles. The monoisotopic (exact) mass is 388 g/mol. The van der Waals surface area contributed by atoms with E-state index in [9.17, 15) is 22.0 Å². The van der Waals surface area contributed by atoms with E-state index in [1.54, 1.807) is 19.1 Å². The SMILES string of the molecule is Cc1ccc(Cl)cc1NC(=O)CN(c1ccc(F)c(F)c1)S(C)(=O)=O. The summed E-state index contributed by atoms with van der Waals surface area (Å²) in [4.78, 5) is 12.2. The molecule has 0 bridgehead atoms. The lowest BCUT2D eigenvalue weighted by atomic mass is 10.2. The Morgan fingerprint density at radius 2 is 1.84 bits per heavy atom. The number of carbonyl (C=O) groups is 1. The number of sulfonamides is 1. The van der Waals surface area contributed by atoms with Gasteiger partial charge in [0.1, 0.15) is 6.54 Å². The van der Waals surface area contributed by atoms with Gasteiger partial charge in [-0.3, -0.25) is 9.10 Å². The predicted molar refractivity (Wildman–Crippen MR) is 93.4 cm³/mol. The topological polar surface area (TPSA) is 66.5 Å². The zero-order valence-corrected chi connectivity index (χ0v) is 15.0. The van der Waals surface area contributed by atoms with Crippen molar-refractivity contribution in [3.05, 3.63) is 58.6 Å². The summed E-state index contributed by atoms with van der Waals surface area (Å²) < 4.78 is 51.0. The lowest BCUT2D eigenvalue weighted by Gasteiger charge is -2.22. The van der Waals surface area contributed by atoms with Crippen LogP contribution in [0, 0.1) is 18.6 Å². The summed E-state index contributed by atoms with van der Waals surface area (Å²) in [6.07, 6.45) is 0.867. The van der Waals surface area contributed by atoms with Gasteiger partial charge >= 0.3 is 0 Å². The molecular weight excluding hydrogens is 374 g/mol. The minimum absolute atomic E-state index is 0.153. The van der Waals surface area contributed by atoms with Crippen LogP contribution < -0.4 is 9.62 Å². The first-order valence-corrected chi connectivity index (χ1v) is 9.29. The second-order valence-corrected chi connectivity index (χ2v) is 7.72. The van der Waals surface area contributed by atoms with Crippen LogP contribution in [0.2, 0.25) is 5.02 Å². The van der Waals surface area contributed by atoms with Crippen LogP contribution in [0.5, 0.6) is 0 Å². The Kier molecular flexibility index (Phi) is 5.64. The fraction of sp³-hybridized carbons (Fsp3) is 0.188. The first-order valence-electron chi connectivity index (χ1n) is 7.06. The number of amides is 1. The molecule has 5 nitrogen and oxygen atoms in total. The summed E-state index contributed by atoms with van der Waals surface area (Å²) in [6.45, 7) is 1.14. The van der Waals surface area contributed by atoms with Gasteiger partial charge in [-0.05, 0) is 36.8 Å². The molecule has 134 valence electrons. The number of benzene rings is 2. The van der Waals surface area contributed by atoms with Crippen molar-refractivity contribution in [1.29, 1.82) is 0 Å². The molecule has 0 heterocycles. The van der Waals surface area contributed by atoms with Gasteiger partial charge in [-0.1, -0.05) is 17.7 Å². The molecule has 0 fully saturated rings. The standard InChI is InChI=1S/C16H15ClF2N2O3S/c1-10-3-4-11(17)7-15(10)20-16(22)9-21(25(2,23)24)12-5-6-13(18)14(19)8-12/h3-8H,9H2,1-2H3,(H,20,22). The van der Waals surface area contributed by atoms with E-state index in [0.29, 0.717) is 21.1 Å². The third-order valence-corrected chi connectivity index (χ3v) is 4.73. The van der Waals surface area contributed by atoms with Gasteiger partial charge in [-0.15, -0.1) is 0 Å². The van der Waals surface area contributed by atoms with Crippen molar-refractivity contribution in [2.75, 3.05) is 22.4 Å². The fourth-order valence-corrected chi connectivity index (χ4v) is 3.11. The number of halogens is 3. The maximum Gasteiger partial charge on any atom is 0.245 e. The quantitative estimate of drug-likeness (QED) is 0.854. The van der Waals surface area contributed by atoms with Gasteiger partial charge < -0.3 is 5.32 Å². The van der Waals surface area contributed by atoms with Crippen molar-refractivity contribution in [3.8, 4) is 0 Å². The van der Waals surface area contributed by atoms with Gasteiger partial charge in [0, 0.05) is 16.8 Å². The van der Waals surface area contributed by atoms with Gasteiger partial charge in [-0.25, -0.2) is 17.2 Å². The Morgan fingerprint density at radius 1 is 1.16 bits per heavy atom. The molecule has 2 aromatic rings. The van der Waals surface area contributed by atoms with Crippen molar-refractivity contribution in [2.24, 2.45) is 0 Å². The molecule has 9 heteroatoms. The van der Waals surface area contributed by atoms with E-state index in [-0.39, 0.29) is 5.69 Å². The van der Waals surface area contributed by atoms with Crippen LogP contribution >= 0.6 is 11.6 Å². The van der Waals surface area contributed by atoms with E-state index < -0.39 is 34.1 Å². The van der Waals surface area contributed by atoms with E-state index in [4.69, 9.17) is 11.6 Å². The fourth-order valence-electron chi connectivity index (χ4n) is 2.09. The first kappa shape index (κ1) is 19.1. The van der Waals surface area contributed by atoms with E-state index in [2.05, 4.69) is 5.32 Å². The van der Waals surface area contributed by atoms with Crippen LogP contribution in [-0.4, -0.2) is 27.1 Å². The van der Waals surface area contributed by atoms with Crippen LogP contribution in [0.3, 0.4) is 0 Å². The number of hydrogen-bond donors (Lipinski definition) is 1. The molecule has 0 atom stereocenters. The third-order valence-electron chi connectivity index (χ3n) is 3.35. The van der Waals surface area contributed by atoms with Gasteiger partial charge in [0.25, 0.3) is 0 Å². The zero-order chi connectivity index (χ0) is 18.8. The van der Waals surface area contributed by atoms with Gasteiger partial charge in [-0.2, -0.15) is 0 Å². The Bertz CT molecular complexity index is 920. The number of nitrogens with zero attached hydrogens (tertiary/aromatic N) is 1. The molecule has 0 aliphatic carbocycles. The number of anilines is 2. The molecule has 25 heavy (non-hydrogen) atoms. The average Bonchev–Trinajstić information content (AvgIpc) is 2.50. The summed E-state index contributed by atoms with van der Waals surface area (Å²) in [5.74, 6) is -2.98. The molecule has 0 unspecified atom stereocenters. The molecule has 2 rings (SSSR count). The van der Waals surface area contributed by atoms with E-state index in [1.807, 2.05) is 0 Å². The summed E-state index contributed by atoms with van der Waals surface area (Å²) in [7, 11) is -3.90. The molecule has 0 aromatic heterocycles. The van der Waals surface area contributed by atoms with Crippen LogP contribution in [-0.2, 0) is 14.8 Å². The molecule has 0 spiro atoms. The molecule has 0 saturated carbocycles. The van der Waals surface area contributed by atoms with Crippen LogP contribution in [0.15, 0.2) is 36.4 Å². The number of aryl methyl sites for hydroxylation is 1. The number of carbonyl (C=O) groups excluding carboxylic acids is 1. The molecule has 2 aromatic carbocycles. The minimum Gasteiger partial charge on any atom is -0.324 e. The highest BCUT2D eigenvalue weighted by Gasteiger charge is 2.22. The van der Waals surface area contributed by atoms with Crippen molar-refractivity contribution in [3.63, 3.8) is 0 Å². The lowest BCUT2D eigenvalue weighted by molar-refractivity contribution is -0.114. The van der Waals surface area contributed by atoms with Crippen molar-refractivity contribution < 1.29 is 22.0 Å². The number of nitrogens with one attached hydrogen (secondary N) is 1. The lowest BCUT2D eigenvalue weighted by Crippen LogP contribution is -2.37. The molecule has 1 amide bonds. The van der Waals surface area contributed by atoms with Crippen LogP contribution in [0.1, 0.15) is 5.56 Å². The number of rotatable bonds is 5. The van der Waals surface area contributed by atoms with E-state index >= 15 is 0 Å². The molecular formula is C16H15ClF2N2O3S. The first-order chi connectivity index (χ1) is 11.6. The summed E-state index contributed by atoms with van der Waals surface area (Å²) >= 11 is 5.87. The van der Waals surface area contributed by atoms with E-state index in [0.717, 1.165) is 24.0 Å². The van der Waals surface area contributed by atoms with Crippen molar-refractivity contribution >= 4 is 38.9 Å². The Hall–Kier alpha value is -2.19. The largest absolute Gasteiger partial charge is 0.324 e. The number of hydrogen-bond acceptors (Lipinski definition) is 3. The van der Waals surface area contributed by atoms with E-state index in [1.165, 1.54) is 6.07 Å². The predicted octanol–water partition coefficient (Wildman–Crippen LogP) is 3.33. The normalized spacial score (nSPS) is 11.2. The van der Waals surface area contributed by atoms with Gasteiger partial charge in [0.15, 0.2) is 11.6 Å². The summed E-state index contributed by atoms with van der Waals surface area (Å²) in [5, 5.41) is 2.96. The average molecular weight is 389 g/mol. The van der Waals surface area contributed by atoms with Gasteiger partial charge in [0.2, 0.25) is 15.9 Å². The second-order valence-electron chi connectivity index (χ2n) is 5.38.